The average Bonchev–Trinajstić information content (AvgIpc) is 3.08. The van der Waals surface area contributed by atoms with Gasteiger partial charge in [0, 0.05) is 29.7 Å². The van der Waals surface area contributed by atoms with Crippen LogP contribution in [0.25, 0.3) is 0 Å². The van der Waals surface area contributed by atoms with Crippen molar-refractivity contribution < 1.29 is 14.6 Å². The van der Waals surface area contributed by atoms with Crippen LogP contribution in [0.15, 0.2) is 24.4 Å². The standard InChI is InChI=1S/C23H33N3O3S/c1-23(2,3)19-13-18(21(30-19)22(27)28)25-16-6-8-17(9-7-16)29-20-12-15(10-11-24-20)14-26(4)5/h10-13,16-17,25H,6-9,14H2,1-5H3,(H,27,28). The van der Waals surface area contributed by atoms with Crippen molar-refractivity contribution in [3.63, 3.8) is 0 Å². The van der Waals surface area contributed by atoms with Gasteiger partial charge in [0.05, 0.1) is 5.69 Å². The highest BCUT2D eigenvalue weighted by atomic mass is 32.1. The fourth-order valence-corrected chi connectivity index (χ4v) is 4.74. The Morgan fingerprint density at radius 3 is 2.57 bits per heavy atom. The lowest BCUT2D eigenvalue weighted by atomic mass is 9.92. The Kier molecular flexibility index (Phi) is 7.03. The molecular weight excluding hydrogens is 398 g/mol. The van der Waals surface area contributed by atoms with Gasteiger partial charge in [-0.1, -0.05) is 20.8 Å². The molecule has 0 unspecified atom stereocenters. The van der Waals surface area contributed by atoms with Crippen molar-refractivity contribution in [2.45, 2.75) is 70.6 Å². The topological polar surface area (TPSA) is 74.7 Å². The van der Waals surface area contributed by atoms with Gasteiger partial charge in [0.15, 0.2) is 0 Å². The maximum atomic E-state index is 11.7. The number of carboxylic acid groups (broad SMARTS) is 1. The Morgan fingerprint density at radius 1 is 1.27 bits per heavy atom. The summed E-state index contributed by atoms with van der Waals surface area (Å²) in [4.78, 5) is 19.7. The number of thiophene rings is 1. The first-order chi connectivity index (χ1) is 14.1. The molecule has 3 rings (SSSR count). The molecule has 0 aromatic carbocycles. The number of ether oxygens (including phenoxy) is 1. The summed E-state index contributed by atoms with van der Waals surface area (Å²) in [5.74, 6) is -0.176. The van der Waals surface area contributed by atoms with E-state index in [2.05, 4.69) is 36.0 Å². The zero-order valence-corrected chi connectivity index (χ0v) is 19.4. The van der Waals surface area contributed by atoms with Gasteiger partial charge in [-0.3, -0.25) is 0 Å². The third-order valence-electron chi connectivity index (χ3n) is 5.28. The lowest BCUT2D eigenvalue weighted by Crippen LogP contribution is -2.31. The van der Waals surface area contributed by atoms with Gasteiger partial charge in [-0.25, -0.2) is 9.78 Å². The van der Waals surface area contributed by atoms with Gasteiger partial charge in [-0.15, -0.1) is 11.3 Å². The summed E-state index contributed by atoms with van der Waals surface area (Å²) in [7, 11) is 4.09. The van der Waals surface area contributed by atoms with E-state index < -0.39 is 5.97 Å². The number of nitrogens with one attached hydrogen (secondary N) is 1. The molecule has 2 N–H and O–H groups in total. The number of carbonyl (C=O) groups is 1. The highest BCUT2D eigenvalue weighted by Crippen LogP contribution is 2.37. The van der Waals surface area contributed by atoms with Gasteiger partial charge >= 0.3 is 5.97 Å². The van der Waals surface area contributed by atoms with Crippen molar-refractivity contribution in [1.29, 1.82) is 0 Å². The summed E-state index contributed by atoms with van der Waals surface area (Å²) >= 11 is 1.37. The second kappa shape index (κ2) is 9.35. The molecule has 0 saturated heterocycles. The minimum Gasteiger partial charge on any atom is -0.477 e. The minimum atomic E-state index is -0.862. The SMILES string of the molecule is CN(C)Cc1ccnc(OC2CCC(Nc3cc(C(C)(C)C)sc3C(=O)O)CC2)c1. The van der Waals surface area contributed by atoms with Crippen LogP contribution in [-0.2, 0) is 12.0 Å². The van der Waals surface area contributed by atoms with Crippen LogP contribution < -0.4 is 10.1 Å². The van der Waals surface area contributed by atoms with Crippen LogP contribution in [0.3, 0.4) is 0 Å². The molecule has 2 aromatic rings. The number of aromatic carboxylic acids is 1. The van der Waals surface area contributed by atoms with Gasteiger partial charge < -0.3 is 20.1 Å². The number of anilines is 1. The minimum absolute atomic E-state index is 0.0611. The molecule has 0 aliphatic heterocycles. The van der Waals surface area contributed by atoms with E-state index in [4.69, 9.17) is 4.74 Å². The van der Waals surface area contributed by atoms with Crippen molar-refractivity contribution in [2.75, 3.05) is 19.4 Å². The second-order valence-corrected chi connectivity index (χ2v) is 10.4. The molecule has 1 fully saturated rings. The number of rotatable bonds is 7. The van der Waals surface area contributed by atoms with Crippen LogP contribution in [0.2, 0.25) is 0 Å². The first-order valence-corrected chi connectivity index (χ1v) is 11.3. The number of hydrogen-bond donors (Lipinski definition) is 2. The molecule has 7 heteroatoms. The lowest BCUT2D eigenvalue weighted by Gasteiger charge is -2.30. The molecule has 6 nitrogen and oxygen atoms in total. The molecule has 0 bridgehead atoms. The fraction of sp³-hybridized carbons (Fsp3) is 0.565. The van der Waals surface area contributed by atoms with E-state index in [-0.39, 0.29) is 17.6 Å². The summed E-state index contributed by atoms with van der Waals surface area (Å²) in [5, 5.41) is 13.1. The second-order valence-electron chi connectivity index (χ2n) is 9.38. The zero-order chi connectivity index (χ0) is 21.9. The molecule has 1 aliphatic rings. The van der Waals surface area contributed by atoms with E-state index in [0.29, 0.717) is 10.8 Å². The summed E-state index contributed by atoms with van der Waals surface area (Å²) < 4.78 is 6.14. The molecular formula is C23H33N3O3S. The van der Waals surface area contributed by atoms with Crippen molar-refractivity contribution in [1.82, 2.24) is 9.88 Å². The summed E-state index contributed by atoms with van der Waals surface area (Å²) in [6, 6.07) is 6.30. The molecule has 1 saturated carbocycles. The van der Waals surface area contributed by atoms with Gasteiger partial charge in [0.25, 0.3) is 0 Å². The Labute approximate surface area is 183 Å². The van der Waals surface area contributed by atoms with Gasteiger partial charge in [-0.2, -0.15) is 0 Å². The van der Waals surface area contributed by atoms with E-state index in [9.17, 15) is 9.90 Å². The van der Waals surface area contributed by atoms with Crippen LogP contribution in [0.4, 0.5) is 5.69 Å². The third kappa shape index (κ3) is 5.95. The quantitative estimate of drug-likeness (QED) is 0.642. The van der Waals surface area contributed by atoms with Crippen LogP contribution in [0.5, 0.6) is 5.88 Å². The molecule has 30 heavy (non-hydrogen) atoms. The van der Waals surface area contributed by atoms with E-state index in [1.807, 2.05) is 32.3 Å². The molecule has 0 amide bonds. The van der Waals surface area contributed by atoms with Crippen molar-refractivity contribution >= 4 is 23.0 Å². The van der Waals surface area contributed by atoms with Gasteiger partial charge in [-0.05, 0) is 62.9 Å². The summed E-state index contributed by atoms with van der Waals surface area (Å²) in [5.41, 5.74) is 1.88. The Balaban J connectivity index is 1.58. The number of aromatic nitrogens is 1. The Morgan fingerprint density at radius 2 is 1.97 bits per heavy atom. The molecule has 164 valence electrons. The van der Waals surface area contributed by atoms with Crippen LogP contribution in [-0.4, -0.2) is 47.2 Å². The normalized spacial score (nSPS) is 19.7. The first-order valence-electron chi connectivity index (χ1n) is 10.5. The van der Waals surface area contributed by atoms with Crippen molar-refractivity contribution in [3.05, 3.63) is 39.7 Å². The smallest absolute Gasteiger partial charge is 0.348 e. The average molecular weight is 432 g/mol. The maximum Gasteiger partial charge on any atom is 0.348 e. The van der Waals surface area contributed by atoms with E-state index in [0.717, 1.165) is 42.8 Å². The van der Waals surface area contributed by atoms with E-state index in [1.54, 1.807) is 6.20 Å². The summed E-state index contributed by atoms with van der Waals surface area (Å²) in [6.07, 6.45) is 5.70. The number of hydrogen-bond acceptors (Lipinski definition) is 6. The predicted molar refractivity (Wildman–Crippen MR) is 122 cm³/mol. The van der Waals surface area contributed by atoms with E-state index >= 15 is 0 Å². The third-order valence-corrected chi connectivity index (χ3v) is 6.83. The number of carboxylic acids is 1. The summed E-state index contributed by atoms with van der Waals surface area (Å²) in [6.45, 7) is 7.19. The predicted octanol–water partition coefficient (Wildman–Crippen LogP) is 5.00. The fourth-order valence-electron chi connectivity index (χ4n) is 3.72. The number of nitrogens with zero attached hydrogens (tertiary/aromatic N) is 2. The van der Waals surface area contributed by atoms with Gasteiger partial charge in [0.1, 0.15) is 11.0 Å². The zero-order valence-electron chi connectivity index (χ0n) is 18.6. The molecule has 2 aromatic heterocycles. The highest BCUT2D eigenvalue weighted by Gasteiger charge is 2.27. The van der Waals surface area contributed by atoms with Gasteiger partial charge in [0.2, 0.25) is 5.88 Å². The largest absolute Gasteiger partial charge is 0.477 e. The molecule has 0 radical (unpaired) electrons. The molecule has 1 aliphatic carbocycles. The molecule has 2 heterocycles. The highest BCUT2D eigenvalue weighted by molar-refractivity contribution is 7.14. The van der Waals surface area contributed by atoms with Crippen LogP contribution in [0.1, 0.15) is 66.6 Å². The first kappa shape index (κ1) is 22.6. The monoisotopic (exact) mass is 431 g/mol. The van der Waals surface area contributed by atoms with E-state index in [1.165, 1.54) is 16.9 Å². The van der Waals surface area contributed by atoms with Crippen molar-refractivity contribution in [3.8, 4) is 5.88 Å². The van der Waals surface area contributed by atoms with Crippen molar-refractivity contribution in [2.24, 2.45) is 0 Å². The van der Waals surface area contributed by atoms with Crippen LogP contribution in [0, 0.1) is 0 Å². The Bertz CT molecular complexity index is 865. The maximum absolute atomic E-state index is 11.7. The molecule has 0 atom stereocenters. The van der Waals surface area contributed by atoms with Crippen LogP contribution >= 0.6 is 11.3 Å². The lowest BCUT2D eigenvalue weighted by molar-refractivity contribution is 0.0703. The molecule has 0 spiro atoms. The Hall–Kier alpha value is -2.12. The number of pyridine rings is 1.